The van der Waals surface area contributed by atoms with Crippen molar-refractivity contribution in [1.82, 2.24) is 4.90 Å². The van der Waals surface area contributed by atoms with Crippen LogP contribution in [0.1, 0.15) is 18.4 Å². The van der Waals surface area contributed by atoms with Gasteiger partial charge in [0.2, 0.25) is 0 Å². The van der Waals surface area contributed by atoms with Crippen molar-refractivity contribution >= 4 is 28.3 Å². The highest BCUT2D eigenvalue weighted by Crippen LogP contribution is 2.33. The highest BCUT2D eigenvalue weighted by Gasteiger charge is 2.19. The van der Waals surface area contributed by atoms with E-state index in [0.29, 0.717) is 23.0 Å². The van der Waals surface area contributed by atoms with Crippen LogP contribution < -0.4 is 20.0 Å². The van der Waals surface area contributed by atoms with Crippen molar-refractivity contribution in [2.45, 2.75) is 19.8 Å². The summed E-state index contributed by atoms with van der Waals surface area (Å²) in [5.41, 5.74) is 2.00. The van der Waals surface area contributed by atoms with E-state index in [1.807, 2.05) is 31.2 Å². The van der Waals surface area contributed by atoms with Crippen molar-refractivity contribution in [2.75, 3.05) is 51.3 Å². The van der Waals surface area contributed by atoms with Crippen molar-refractivity contribution in [3.63, 3.8) is 0 Å². The Kier molecular flexibility index (Phi) is 7.22. The first-order chi connectivity index (χ1) is 15.6. The summed E-state index contributed by atoms with van der Waals surface area (Å²) in [6.45, 7) is 7.54. The Morgan fingerprint density at radius 2 is 1.81 bits per heavy atom. The van der Waals surface area contributed by atoms with Gasteiger partial charge in [-0.05, 0) is 56.1 Å². The third-order valence-corrected chi connectivity index (χ3v) is 6.31. The molecule has 7 heteroatoms. The first kappa shape index (κ1) is 22.5. The second-order valence-corrected chi connectivity index (χ2v) is 8.44. The van der Waals surface area contributed by atoms with Gasteiger partial charge in [-0.15, -0.1) is 0 Å². The molecule has 0 aliphatic carbocycles. The second kappa shape index (κ2) is 10.3. The van der Waals surface area contributed by atoms with E-state index in [1.165, 1.54) is 11.8 Å². The van der Waals surface area contributed by atoms with Gasteiger partial charge in [-0.25, -0.2) is 4.79 Å². The summed E-state index contributed by atoms with van der Waals surface area (Å²) in [5, 5.41) is 1.19. The Labute approximate surface area is 193 Å². The van der Waals surface area contributed by atoms with E-state index < -0.39 is 5.63 Å². The summed E-state index contributed by atoms with van der Waals surface area (Å²) in [7, 11) is 1.72. The molecule has 3 aromatic rings. The fourth-order valence-electron chi connectivity index (χ4n) is 4.17. The van der Waals surface area contributed by atoms with Gasteiger partial charge in [0.15, 0.2) is 5.58 Å². The van der Waals surface area contributed by atoms with Crippen LogP contribution in [0.2, 0.25) is 5.02 Å². The van der Waals surface area contributed by atoms with Crippen molar-refractivity contribution < 1.29 is 13.9 Å². The molecule has 0 spiro atoms. The maximum Gasteiger partial charge on any atom is 0.336 e. The lowest BCUT2D eigenvalue weighted by Crippen LogP contribution is -2.46. The molecule has 1 saturated heterocycles. The van der Waals surface area contributed by atoms with Crippen LogP contribution in [0, 0.1) is 6.92 Å². The summed E-state index contributed by atoms with van der Waals surface area (Å²) in [5.74, 6) is 1.48. The number of fused-ring (bicyclic) bond motifs is 1. The Bertz CT molecular complexity index is 1120. The highest BCUT2D eigenvalue weighted by molar-refractivity contribution is 6.36. The number of hydrogen-bond donors (Lipinski definition) is 0. The molecule has 6 nitrogen and oxygen atoms in total. The minimum atomic E-state index is -0.403. The molecule has 0 bridgehead atoms. The van der Waals surface area contributed by atoms with Crippen LogP contribution in [0.3, 0.4) is 0 Å². The molecule has 1 aliphatic heterocycles. The van der Waals surface area contributed by atoms with Gasteiger partial charge in [0.1, 0.15) is 16.5 Å². The number of aryl methyl sites for hydroxylation is 1. The fraction of sp³-hybridized carbons (Fsp3) is 0.400. The minimum absolute atomic E-state index is 0.357. The van der Waals surface area contributed by atoms with Crippen LogP contribution in [0.5, 0.6) is 11.5 Å². The number of para-hydroxylation sites is 2. The lowest BCUT2D eigenvalue weighted by molar-refractivity contribution is 0.238. The molecule has 0 amide bonds. The summed E-state index contributed by atoms with van der Waals surface area (Å²) in [4.78, 5) is 16.6. The van der Waals surface area contributed by atoms with E-state index >= 15 is 0 Å². The zero-order valence-electron chi connectivity index (χ0n) is 18.6. The molecule has 170 valence electrons. The van der Waals surface area contributed by atoms with Crippen LogP contribution in [0.25, 0.3) is 11.0 Å². The topological polar surface area (TPSA) is 55.2 Å². The molecule has 0 radical (unpaired) electrons. The molecule has 0 saturated carbocycles. The molecule has 2 heterocycles. The van der Waals surface area contributed by atoms with Gasteiger partial charge in [0, 0.05) is 37.6 Å². The van der Waals surface area contributed by atoms with Crippen LogP contribution in [-0.2, 0) is 0 Å². The SMILES string of the molecule is COc1ccccc1N1CCN(CCCCOc2ccc3c(C)cc(=O)oc3c2Cl)CC1. The summed E-state index contributed by atoms with van der Waals surface area (Å²) < 4.78 is 16.7. The molecule has 0 N–H and O–H groups in total. The normalized spacial score (nSPS) is 14.7. The van der Waals surface area contributed by atoms with Crippen molar-refractivity contribution in [3.05, 3.63) is 63.5 Å². The number of piperazine rings is 1. The van der Waals surface area contributed by atoms with Gasteiger partial charge in [-0.3, -0.25) is 4.90 Å². The summed E-state index contributed by atoms with van der Waals surface area (Å²) >= 11 is 6.43. The van der Waals surface area contributed by atoms with Gasteiger partial charge in [-0.1, -0.05) is 23.7 Å². The molecule has 0 atom stereocenters. The largest absolute Gasteiger partial charge is 0.495 e. The average Bonchev–Trinajstić information content (AvgIpc) is 2.81. The van der Waals surface area contributed by atoms with E-state index in [9.17, 15) is 4.79 Å². The summed E-state index contributed by atoms with van der Waals surface area (Å²) in [6, 6.07) is 13.4. The van der Waals surface area contributed by atoms with Crippen LogP contribution in [-0.4, -0.2) is 51.3 Å². The van der Waals surface area contributed by atoms with E-state index in [0.717, 1.165) is 62.3 Å². The Balaban J connectivity index is 1.22. The van der Waals surface area contributed by atoms with Gasteiger partial charge in [-0.2, -0.15) is 0 Å². The Hall–Kier alpha value is -2.70. The third-order valence-electron chi connectivity index (χ3n) is 5.95. The number of ether oxygens (including phenoxy) is 2. The predicted molar refractivity (Wildman–Crippen MR) is 129 cm³/mol. The maximum atomic E-state index is 11.7. The van der Waals surface area contributed by atoms with Gasteiger partial charge in [0.05, 0.1) is 19.4 Å². The molecule has 2 aromatic carbocycles. The zero-order valence-corrected chi connectivity index (χ0v) is 19.4. The zero-order chi connectivity index (χ0) is 22.5. The number of anilines is 1. The number of nitrogens with zero attached hydrogens (tertiary/aromatic N) is 2. The summed E-state index contributed by atoms with van der Waals surface area (Å²) in [6.07, 6.45) is 1.98. The third kappa shape index (κ3) is 5.03. The van der Waals surface area contributed by atoms with E-state index in [-0.39, 0.29) is 0 Å². The van der Waals surface area contributed by atoms with E-state index in [1.54, 1.807) is 7.11 Å². The quantitative estimate of drug-likeness (QED) is 0.360. The van der Waals surface area contributed by atoms with Crippen molar-refractivity contribution in [1.29, 1.82) is 0 Å². The number of methoxy groups -OCH3 is 1. The maximum absolute atomic E-state index is 11.7. The number of halogens is 1. The van der Waals surface area contributed by atoms with Crippen LogP contribution in [0.15, 0.2) is 51.7 Å². The minimum Gasteiger partial charge on any atom is -0.495 e. The average molecular weight is 457 g/mol. The fourth-order valence-corrected chi connectivity index (χ4v) is 4.43. The lowest BCUT2D eigenvalue weighted by Gasteiger charge is -2.36. The molecule has 4 rings (SSSR count). The number of unbranched alkanes of at least 4 members (excludes halogenated alkanes) is 1. The molecule has 1 aliphatic rings. The predicted octanol–water partition coefficient (Wildman–Crippen LogP) is 4.74. The molecule has 1 fully saturated rings. The smallest absolute Gasteiger partial charge is 0.336 e. The highest BCUT2D eigenvalue weighted by atomic mass is 35.5. The molecule has 1 aromatic heterocycles. The van der Waals surface area contributed by atoms with Gasteiger partial charge in [0.25, 0.3) is 0 Å². The van der Waals surface area contributed by atoms with E-state index in [4.69, 9.17) is 25.5 Å². The Morgan fingerprint density at radius 3 is 2.59 bits per heavy atom. The number of rotatable bonds is 8. The molecular weight excluding hydrogens is 428 g/mol. The second-order valence-electron chi connectivity index (χ2n) is 8.06. The van der Waals surface area contributed by atoms with Gasteiger partial charge >= 0.3 is 5.63 Å². The van der Waals surface area contributed by atoms with Crippen LogP contribution in [0.4, 0.5) is 5.69 Å². The van der Waals surface area contributed by atoms with Crippen LogP contribution >= 0.6 is 11.6 Å². The molecule has 32 heavy (non-hydrogen) atoms. The van der Waals surface area contributed by atoms with E-state index in [2.05, 4.69) is 21.9 Å². The lowest BCUT2D eigenvalue weighted by atomic mass is 10.1. The standard InChI is InChI=1S/C25H29ClN2O4/c1-18-17-23(29)32-25-19(18)9-10-22(24(25)26)31-16-6-5-11-27-12-14-28(15-13-27)20-7-3-4-8-21(20)30-2/h3-4,7-10,17H,5-6,11-16H2,1-2H3. The Morgan fingerprint density at radius 1 is 1.03 bits per heavy atom. The first-order valence-electron chi connectivity index (χ1n) is 11.0. The number of benzene rings is 2. The van der Waals surface area contributed by atoms with Gasteiger partial charge < -0.3 is 18.8 Å². The first-order valence-corrected chi connectivity index (χ1v) is 11.4. The molecular formula is C25H29ClN2O4. The monoisotopic (exact) mass is 456 g/mol. The van der Waals surface area contributed by atoms with Crippen molar-refractivity contribution in [3.8, 4) is 11.5 Å². The number of hydrogen-bond acceptors (Lipinski definition) is 6. The molecule has 0 unspecified atom stereocenters. The van der Waals surface area contributed by atoms with Crippen molar-refractivity contribution in [2.24, 2.45) is 0 Å².